The predicted octanol–water partition coefficient (Wildman–Crippen LogP) is 2.63. The summed E-state index contributed by atoms with van der Waals surface area (Å²) >= 11 is 3.26. The van der Waals surface area contributed by atoms with E-state index >= 15 is 0 Å². The molecule has 0 spiro atoms. The highest BCUT2D eigenvalue weighted by molar-refractivity contribution is 9.10. The minimum absolute atomic E-state index is 0.0387. The molecule has 0 saturated heterocycles. The van der Waals surface area contributed by atoms with Crippen LogP contribution in [0.1, 0.15) is 11.4 Å². The van der Waals surface area contributed by atoms with E-state index in [0.29, 0.717) is 21.6 Å². The molecular formula is C10H8BrN3O4. The number of halogens is 1. The number of rotatable bonds is 4. The third kappa shape index (κ3) is 2.65. The summed E-state index contributed by atoms with van der Waals surface area (Å²) in [6, 6.07) is 4.29. The van der Waals surface area contributed by atoms with Crippen LogP contribution in [0.5, 0.6) is 5.75 Å². The predicted molar refractivity (Wildman–Crippen MR) is 64.2 cm³/mol. The second-order valence-corrected chi connectivity index (χ2v) is 4.31. The van der Waals surface area contributed by atoms with Crippen LogP contribution >= 0.6 is 15.9 Å². The molecule has 0 aliphatic carbocycles. The van der Waals surface area contributed by atoms with Crippen LogP contribution in [-0.2, 0) is 6.61 Å². The zero-order chi connectivity index (χ0) is 13.1. The first-order valence-electron chi connectivity index (χ1n) is 4.92. The number of benzene rings is 1. The van der Waals surface area contributed by atoms with Gasteiger partial charge in [0.2, 0.25) is 0 Å². The number of nitro groups is 1. The summed E-state index contributed by atoms with van der Waals surface area (Å²) in [6.07, 6.45) is 0. The van der Waals surface area contributed by atoms with Crippen molar-refractivity contribution >= 4 is 21.6 Å². The first-order chi connectivity index (χ1) is 8.58. The van der Waals surface area contributed by atoms with E-state index in [1.54, 1.807) is 13.0 Å². The molecule has 0 radical (unpaired) electrons. The Labute approximate surface area is 110 Å². The van der Waals surface area contributed by atoms with Crippen molar-refractivity contribution in [2.45, 2.75) is 13.5 Å². The highest BCUT2D eigenvalue weighted by Gasteiger charge is 2.12. The summed E-state index contributed by atoms with van der Waals surface area (Å²) in [6.45, 7) is 1.87. The minimum Gasteiger partial charge on any atom is -0.486 e. The molecule has 1 heterocycles. The van der Waals surface area contributed by atoms with Crippen molar-refractivity contribution in [2.75, 3.05) is 0 Å². The Kier molecular flexibility index (Phi) is 3.56. The SMILES string of the molecule is Cc1nonc1COc1cc([N+](=O)[O-])ccc1Br. The van der Waals surface area contributed by atoms with Crippen LogP contribution in [0.15, 0.2) is 27.3 Å². The quantitative estimate of drug-likeness (QED) is 0.636. The lowest BCUT2D eigenvalue weighted by Gasteiger charge is -2.06. The first-order valence-corrected chi connectivity index (χ1v) is 5.72. The zero-order valence-electron chi connectivity index (χ0n) is 9.29. The normalized spacial score (nSPS) is 10.3. The van der Waals surface area contributed by atoms with Gasteiger partial charge in [-0.25, -0.2) is 4.63 Å². The maximum atomic E-state index is 10.6. The number of aromatic nitrogens is 2. The van der Waals surface area contributed by atoms with Gasteiger partial charge in [-0.2, -0.15) is 0 Å². The van der Waals surface area contributed by atoms with Gasteiger partial charge in [0.25, 0.3) is 5.69 Å². The Morgan fingerprint density at radius 1 is 1.50 bits per heavy atom. The Bertz CT molecular complexity index is 584. The molecule has 0 bridgehead atoms. The van der Waals surface area contributed by atoms with Crippen molar-refractivity contribution in [1.82, 2.24) is 10.3 Å². The summed E-state index contributed by atoms with van der Waals surface area (Å²) < 4.78 is 10.6. The van der Waals surface area contributed by atoms with Gasteiger partial charge in [-0.05, 0) is 28.9 Å². The van der Waals surface area contributed by atoms with Gasteiger partial charge in [0, 0.05) is 6.07 Å². The molecule has 0 aliphatic rings. The fraction of sp³-hybridized carbons (Fsp3) is 0.200. The van der Waals surface area contributed by atoms with E-state index in [-0.39, 0.29) is 12.3 Å². The van der Waals surface area contributed by atoms with E-state index in [0.717, 1.165) is 0 Å². The number of nitro benzene ring substituents is 1. The summed E-state index contributed by atoms with van der Waals surface area (Å²) in [5.41, 5.74) is 1.13. The maximum Gasteiger partial charge on any atom is 0.273 e. The molecular weight excluding hydrogens is 306 g/mol. The second-order valence-electron chi connectivity index (χ2n) is 3.46. The molecule has 0 fully saturated rings. The van der Waals surface area contributed by atoms with Crippen LogP contribution in [0, 0.1) is 17.0 Å². The highest BCUT2D eigenvalue weighted by Crippen LogP contribution is 2.29. The van der Waals surface area contributed by atoms with Gasteiger partial charge in [0.1, 0.15) is 23.7 Å². The van der Waals surface area contributed by atoms with Gasteiger partial charge < -0.3 is 4.74 Å². The average Bonchev–Trinajstić information content (AvgIpc) is 2.73. The van der Waals surface area contributed by atoms with Gasteiger partial charge in [0.15, 0.2) is 0 Å². The highest BCUT2D eigenvalue weighted by atomic mass is 79.9. The molecule has 8 heteroatoms. The zero-order valence-corrected chi connectivity index (χ0v) is 10.9. The van der Waals surface area contributed by atoms with Crippen molar-refractivity contribution in [2.24, 2.45) is 0 Å². The summed E-state index contributed by atoms with van der Waals surface area (Å²) in [4.78, 5) is 10.2. The number of aryl methyl sites for hydroxylation is 1. The van der Waals surface area contributed by atoms with Crippen molar-refractivity contribution in [3.05, 3.63) is 44.2 Å². The monoisotopic (exact) mass is 313 g/mol. The molecule has 0 N–H and O–H groups in total. The molecule has 2 aromatic rings. The largest absolute Gasteiger partial charge is 0.486 e. The van der Waals surface area contributed by atoms with E-state index in [1.807, 2.05) is 0 Å². The van der Waals surface area contributed by atoms with E-state index < -0.39 is 4.92 Å². The number of nitrogens with zero attached hydrogens (tertiary/aromatic N) is 3. The smallest absolute Gasteiger partial charge is 0.273 e. The second kappa shape index (κ2) is 5.13. The minimum atomic E-state index is -0.484. The van der Waals surface area contributed by atoms with Crippen LogP contribution in [0.2, 0.25) is 0 Å². The molecule has 0 unspecified atom stereocenters. The molecule has 0 saturated carbocycles. The molecule has 1 aromatic heterocycles. The third-order valence-electron chi connectivity index (χ3n) is 2.24. The van der Waals surface area contributed by atoms with Crippen LogP contribution in [0.4, 0.5) is 5.69 Å². The molecule has 1 aromatic carbocycles. The fourth-order valence-corrected chi connectivity index (χ4v) is 1.60. The van der Waals surface area contributed by atoms with Crippen molar-refractivity contribution < 1.29 is 14.3 Å². The van der Waals surface area contributed by atoms with E-state index in [4.69, 9.17) is 4.74 Å². The molecule has 94 valence electrons. The lowest BCUT2D eigenvalue weighted by molar-refractivity contribution is -0.385. The molecule has 0 amide bonds. The van der Waals surface area contributed by atoms with Crippen molar-refractivity contribution in [3.8, 4) is 5.75 Å². The number of hydrogen-bond acceptors (Lipinski definition) is 6. The van der Waals surface area contributed by atoms with E-state index in [9.17, 15) is 10.1 Å². The Hall–Kier alpha value is -1.96. The summed E-state index contributed by atoms with van der Waals surface area (Å²) in [5, 5.41) is 17.9. The lowest BCUT2D eigenvalue weighted by atomic mass is 10.3. The van der Waals surface area contributed by atoms with Crippen LogP contribution < -0.4 is 4.74 Å². The van der Waals surface area contributed by atoms with Crippen LogP contribution in [0.3, 0.4) is 0 Å². The van der Waals surface area contributed by atoms with Gasteiger partial charge in [-0.1, -0.05) is 10.3 Å². The van der Waals surface area contributed by atoms with E-state index in [1.165, 1.54) is 12.1 Å². The molecule has 7 nitrogen and oxygen atoms in total. The van der Waals surface area contributed by atoms with Crippen LogP contribution in [-0.4, -0.2) is 15.2 Å². The summed E-state index contributed by atoms with van der Waals surface area (Å²) in [5.74, 6) is 0.367. The Morgan fingerprint density at radius 2 is 2.28 bits per heavy atom. The Balaban J connectivity index is 2.16. The average molecular weight is 314 g/mol. The van der Waals surface area contributed by atoms with Gasteiger partial charge in [-0.3, -0.25) is 10.1 Å². The van der Waals surface area contributed by atoms with Gasteiger partial charge in [-0.15, -0.1) is 0 Å². The molecule has 0 aliphatic heterocycles. The van der Waals surface area contributed by atoms with Gasteiger partial charge >= 0.3 is 0 Å². The first kappa shape index (κ1) is 12.5. The number of hydrogen-bond donors (Lipinski definition) is 0. The third-order valence-corrected chi connectivity index (χ3v) is 2.89. The van der Waals surface area contributed by atoms with E-state index in [2.05, 4.69) is 30.9 Å². The molecule has 2 rings (SSSR count). The van der Waals surface area contributed by atoms with Gasteiger partial charge in [0.05, 0.1) is 15.5 Å². The van der Waals surface area contributed by atoms with Crippen LogP contribution in [0.25, 0.3) is 0 Å². The molecule has 18 heavy (non-hydrogen) atoms. The number of ether oxygens (including phenoxy) is 1. The molecule has 0 atom stereocenters. The van der Waals surface area contributed by atoms with Crippen molar-refractivity contribution in [3.63, 3.8) is 0 Å². The summed E-state index contributed by atoms with van der Waals surface area (Å²) in [7, 11) is 0. The standard InChI is InChI=1S/C10H8BrN3O4/c1-6-9(13-18-12-6)5-17-10-4-7(14(15)16)2-3-8(10)11/h2-4H,5H2,1H3. The Morgan fingerprint density at radius 3 is 2.89 bits per heavy atom. The fourth-order valence-electron chi connectivity index (χ4n) is 1.24. The lowest BCUT2D eigenvalue weighted by Crippen LogP contribution is -1.99. The maximum absolute atomic E-state index is 10.6. The topological polar surface area (TPSA) is 91.3 Å². The number of non-ortho nitro benzene ring substituents is 1. The van der Waals surface area contributed by atoms with Crippen molar-refractivity contribution in [1.29, 1.82) is 0 Å².